The van der Waals surface area contributed by atoms with E-state index in [4.69, 9.17) is 9.94 Å². The van der Waals surface area contributed by atoms with E-state index in [-0.39, 0.29) is 23.2 Å². The van der Waals surface area contributed by atoms with Gasteiger partial charge < -0.3 is 25.3 Å². The summed E-state index contributed by atoms with van der Waals surface area (Å²) < 4.78 is 0. The molecule has 5 unspecified atom stereocenters. The monoisotopic (exact) mass is 435 g/mol. The minimum atomic E-state index is -1.58. The molecule has 0 amide bonds. The Balaban J connectivity index is 1.62. The third-order valence-electron chi connectivity index (χ3n) is 9.04. The van der Waals surface area contributed by atoms with Gasteiger partial charge in [0.25, 0.3) is 0 Å². The molecule has 4 rings (SSSR count). The maximum absolute atomic E-state index is 12.5. The standard InChI is InChI=1S/C23H33NO7/c1-21-7-5-14(24-31-12-19(28)29)9-13(21)3-4-15-16-6-8-23(30,18(27)11-25)22(16,2)10-17(26)20(15)21/h9,15-17,20,25-26,30H,3-8,10-12H2,1-2H3,(H,28,29)/t15?,16?,17?,20?,21-,22-,23?/m0/s1. The molecule has 4 aliphatic carbocycles. The zero-order chi connectivity index (χ0) is 22.6. The number of Topliss-reactive ketones (excluding diaryl/α,β-unsaturated/α-hetero) is 1. The Morgan fingerprint density at radius 3 is 2.65 bits per heavy atom. The van der Waals surface area contributed by atoms with Gasteiger partial charge in [-0.25, -0.2) is 4.79 Å². The Labute approximate surface area is 182 Å². The topological polar surface area (TPSA) is 137 Å². The first-order valence-electron chi connectivity index (χ1n) is 11.2. The van der Waals surface area contributed by atoms with Crippen molar-refractivity contribution in [1.82, 2.24) is 0 Å². The van der Waals surface area contributed by atoms with Crippen molar-refractivity contribution < 1.29 is 34.9 Å². The highest BCUT2D eigenvalue weighted by Crippen LogP contribution is 2.67. The van der Waals surface area contributed by atoms with Crippen LogP contribution in [0.4, 0.5) is 0 Å². The number of hydrogen-bond acceptors (Lipinski definition) is 7. The second-order valence-corrected chi connectivity index (χ2v) is 10.3. The summed E-state index contributed by atoms with van der Waals surface area (Å²) in [5, 5.41) is 44.8. The number of rotatable bonds is 5. The van der Waals surface area contributed by atoms with Gasteiger partial charge >= 0.3 is 5.97 Å². The second-order valence-electron chi connectivity index (χ2n) is 10.3. The molecule has 8 heteroatoms. The highest BCUT2D eigenvalue weighted by atomic mass is 16.6. The first-order valence-corrected chi connectivity index (χ1v) is 11.2. The number of aliphatic hydroxyl groups is 3. The number of carboxylic acid groups (broad SMARTS) is 1. The molecule has 8 nitrogen and oxygen atoms in total. The number of carboxylic acids is 1. The first-order chi connectivity index (χ1) is 14.6. The summed E-state index contributed by atoms with van der Waals surface area (Å²) in [7, 11) is 0. The maximum Gasteiger partial charge on any atom is 0.344 e. The number of aliphatic hydroxyl groups excluding tert-OH is 2. The number of carbonyl (C=O) groups is 2. The minimum absolute atomic E-state index is 0.0265. The van der Waals surface area contributed by atoms with Crippen LogP contribution in [-0.4, -0.2) is 62.8 Å². The molecule has 0 heterocycles. The van der Waals surface area contributed by atoms with Crippen LogP contribution < -0.4 is 0 Å². The molecule has 3 fully saturated rings. The van der Waals surface area contributed by atoms with Gasteiger partial charge in [-0.15, -0.1) is 0 Å². The Bertz CT molecular complexity index is 838. The van der Waals surface area contributed by atoms with Crippen LogP contribution in [-0.2, 0) is 14.4 Å². The van der Waals surface area contributed by atoms with E-state index in [1.165, 1.54) is 5.57 Å². The Morgan fingerprint density at radius 2 is 1.97 bits per heavy atom. The van der Waals surface area contributed by atoms with Crippen LogP contribution in [0.15, 0.2) is 16.8 Å². The molecule has 31 heavy (non-hydrogen) atoms. The molecule has 4 aliphatic rings. The average Bonchev–Trinajstić information content (AvgIpc) is 2.98. The smallest absolute Gasteiger partial charge is 0.344 e. The average molecular weight is 436 g/mol. The molecule has 7 atom stereocenters. The fraction of sp³-hybridized carbons (Fsp3) is 0.783. The SMILES string of the molecule is C[C@]12CCC(=NOCC(=O)O)C=C1CCC1C2C(O)C[C@@]2(C)C1CCC2(O)C(=O)CO. The molecule has 0 aliphatic heterocycles. The summed E-state index contributed by atoms with van der Waals surface area (Å²) in [5.74, 6) is -1.26. The van der Waals surface area contributed by atoms with Gasteiger partial charge in [-0.3, -0.25) is 4.79 Å². The zero-order valence-electron chi connectivity index (χ0n) is 18.2. The predicted octanol–water partition coefficient (Wildman–Crippen LogP) is 1.67. The van der Waals surface area contributed by atoms with Gasteiger partial charge in [0.05, 0.1) is 11.8 Å². The van der Waals surface area contributed by atoms with Crippen molar-refractivity contribution >= 4 is 17.5 Å². The number of aliphatic carboxylic acids is 1. The molecule has 0 aromatic heterocycles. The lowest BCUT2D eigenvalue weighted by atomic mass is 9.45. The van der Waals surface area contributed by atoms with Gasteiger partial charge in [0.1, 0.15) is 12.2 Å². The van der Waals surface area contributed by atoms with Crippen LogP contribution >= 0.6 is 0 Å². The summed E-state index contributed by atoms with van der Waals surface area (Å²) in [6.07, 6.45) is 5.86. The van der Waals surface area contributed by atoms with Gasteiger partial charge in [-0.1, -0.05) is 24.6 Å². The number of allylic oxidation sites excluding steroid dienone is 2. The van der Waals surface area contributed by atoms with Crippen LogP contribution in [0, 0.1) is 28.6 Å². The van der Waals surface area contributed by atoms with E-state index in [2.05, 4.69) is 12.1 Å². The van der Waals surface area contributed by atoms with Crippen molar-refractivity contribution in [3.8, 4) is 0 Å². The summed E-state index contributed by atoms with van der Waals surface area (Å²) in [6.45, 7) is 2.95. The van der Waals surface area contributed by atoms with Gasteiger partial charge in [-0.2, -0.15) is 0 Å². The van der Waals surface area contributed by atoms with Gasteiger partial charge in [0.15, 0.2) is 5.78 Å². The van der Waals surface area contributed by atoms with Crippen LogP contribution in [0.1, 0.15) is 58.8 Å². The van der Waals surface area contributed by atoms with E-state index >= 15 is 0 Å². The van der Waals surface area contributed by atoms with Gasteiger partial charge in [0, 0.05) is 5.41 Å². The van der Waals surface area contributed by atoms with E-state index in [1.54, 1.807) is 0 Å². The van der Waals surface area contributed by atoms with Crippen molar-refractivity contribution in [2.24, 2.45) is 33.7 Å². The number of ketones is 1. The van der Waals surface area contributed by atoms with E-state index in [0.717, 1.165) is 31.4 Å². The number of oxime groups is 1. The van der Waals surface area contributed by atoms with Crippen molar-refractivity contribution in [1.29, 1.82) is 0 Å². The van der Waals surface area contributed by atoms with Gasteiger partial charge in [0.2, 0.25) is 6.61 Å². The molecule has 3 saturated carbocycles. The number of fused-ring (bicyclic) bond motifs is 5. The largest absolute Gasteiger partial charge is 0.479 e. The van der Waals surface area contributed by atoms with Crippen molar-refractivity contribution in [3.05, 3.63) is 11.6 Å². The fourth-order valence-electron chi connectivity index (χ4n) is 7.54. The predicted molar refractivity (Wildman–Crippen MR) is 111 cm³/mol. The van der Waals surface area contributed by atoms with Crippen LogP contribution in [0.3, 0.4) is 0 Å². The lowest BCUT2D eigenvalue weighted by Crippen LogP contribution is -2.62. The lowest BCUT2D eigenvalue weighted by molar-refractivity contribution is -0.181. The number of nitrogens with zero attached hydrogens (tertiary/aromatic N) is 1. The van der Waals surface area contributed by atoms with Crippen molar-refractivity contribution in [2.45, 2.75) is 70.5 Å². The molecule has 0 aromatic rings. The molecule has 0 aromatic carbocycles. The zero-order valence-corrected chi connectivity index (χ0v) is 18.2. The molecule has 0 bridgehead atoms. The van der Waals surface area contributed by atoms with Crippen LogP contribution in [0.5, 0.6) is 0 Å². The van der Waals surface area contributed by atoms with E-state index < -0.39 is 42.1 Å². The normalized spacial score (nSPS) is 45.3. The Morgan fingerprint density at radius 1 is 1.23 bits per heavy atom. The van der Waals surface area contributed by atoms with E-state index in [0.29, 0.717) is 19.3 Å². The first kappa shape index (κ1) is 22.4. The lowest BCUT2D eigenvalue weighted by Gasteiger charge is -2.60. The van der Waals surface area contributed by atoms with Crippen molar-refractivity contribution in [3.63, 3.8) is 0 Å². The molecular formula is C23H33NO7. The van der Waals surface area contributed by atoms with Crippen molar-refractivity contribution in [2.75, 3.05) is 13.2 Å². The molecule has 0 saturated heterocycles. The maximum atomic E-state index is 12.5. The van der Waals surface area contributed by atoms with Gasteiger partial charge in [-0.05, 0) is 74.2 Å². The summed E-state index contributed by atoms with van der Waals surface area (Å²) in [6, 6.07) is 0. The molecule has 0 spiro atoms. The third kappa shape index (κ3) is 3.26. The molecule has 0 radical (unpaired) electrons. The molecular weight excluding hydrogens is 402 g/mol. The van der Waals surface area contributed by atoms with Crippen LogP contribution in [0.2, 0.25) is 0 Å². The summed E-state index contributed by atoms with van der Waals surface area (Å²) >= 11 is 0. The fourth-order valence-corrected chi connectivity index (χ4v) is 7.54. The summed E-state index contributed by atoms with van der Waals surface area (Å²) in [4.78, 5) is 28.0. The Hall–Kier alpha value is -1.77. The quantitative estimate of drug-likeness (QED) is 0.482. The molecule has 4 N–H and O–H groups in total. The highest BCUT2D eigenvalue weighted by molar-refractivity contribution is 5.96. The minimum Gasteiger partial charge on any atom is -0.479 e. The van der Waals surface area contributed by atoms with E-state index in [9.17, 15) is 24.9 Å². The summed E-state index contributed by atoms with van der Waals surface area (Å²) in [5.41, 5.74) is -0.594. The van der Waals surface area contributed by atoms with E-state index in [1.807, 2.05) is 13.0 Å². The Kier molecular flexibility index (Phi) is 5.55. The number of hydrogen-bond donors (Lipinski definition) is 4. The highest BCUT2D eigenvalue weighted by Gasteiger charge is 2.68. The molecule has 172 valence electrons. The number of carbonyl (C=O) groups excluding carboxylic acids is 1. The third-order valence-corrected chi connectivity index (χ3v) is 9.04. The van der Waals surface area contributed by atoms with Crippen LogP contribution in [0.25, 0.3) is 0 Å². The second kappa shape index (κ2) is 7.67.